The van der Waals surface area contributed by atoms with E-state index in [1.165, 1.54) is 4.90 Å². The summed E-state index contributed by atoms with van der Waals surface area (Å²) in [5.41, 5.74) is 0.727. The highest BCUT2D eigenvalue weighted by atomic mass is 16.6. The van der Waals surface area contributed by atoms with E-state index in [4.69, 9.17) is 14.2 Å². The molecule has 0 spiro atoms. The highest BCUT2D eigenvalue weighted by molar-refractivity contribution is 5.87. The standard InChI is InChI=1S/C23H27NO5/c1-3-28-21(25)23(16-19-11-7-12-20(15-19)27-2)13-8-14-24(23)22(26)29-17-18-9-5-4-6-10-18/h4-7,9-12,15H,3,8,13-14,16-17H2,1-2H3. The third-order valence-electron chi connectivity index (χ3n) is 5.20. The van der Waals surface area contributed by atoms with Gasteiger partial charge in [0.2, 0.25) is 0 Å². The van der Waals surface area contributed by atoms with E-state index in [0.717, 1.165) is 11.1 Å². The monoisotopic (exact) mass is 397 g/mol. The summed E-state index contributed by atoms with van der Waals surface area (Å²) in [5, 5.41) is 0. The Bertz CT molecular complexity index is 838. The molecule has 1 amide bonds. The predicted molar refractivity (Wildman–Crippen MR) is 109 cm³/mol. The first kappa shape index (κ1) is 20.7. The molecule has 2 aromatic carbocycles. The lowest BCUT2D eigenvalue weighted by Gasteiger charge is -2.35. The SMILES string of the molecule is CCOC(=O)C1(Cc2cccc(OC)c2)CCCN1C(=O)OCc1ccccc1. The van der Waals surface area contributed by atoms with E-state index < -0.39 is 17.6 Å². The normalized spacial score (nSPS) is 18.3. The van der Waals surface area contributed by atoms with Gasteiger partial charge in [-0.15, -0.1) is 0 Å². The summed E-state index contributed by atoms with van der Waals surface area (Å²) >= 11 is 0. The average Bonchev–Trinajstić information content (AvgIpc) is 3.18. The molecule has 6 heteroatoms. The number of carbonyl (C=O) groups is 2. The number of methoxy groups -OCH3 is 1. The van der Waals surface area contributed by atoms with E-state index >= 15 is 0 Å². The molecule has 1 aliphatic rings. The molecular weight excluding hydrogens is 370 g/mol. The van der Waals surface area contributed by atoms with Gasteiger partial charge in [-0.1, -0.05) is 42.5 Å². The maximum Gasteiger partial charge on any atom is 0.411 e. The van der Waals surface area contributed by atoms with Crippen LogP contribution >= 0.6 is 0 Å². The lowest BCUT2D eigenvalue weighted by molar-refractivity contribution is -0.155. The first-order valence-corrected chi connectivity index (χ1v) is 9.87. The van der Waals surface area contributed by atoms with Crippen molar-refractivity contribution >= 4 is 12.1 Å². The molecule has 1 aliphatic heterocycles. The molecule has 0 N–H and O–H groups in total. The van der Waals surface area contributed by atoms with Gasteiger partial charge in [-0.25, -0.2) is 9.59 Å². The van der Waals surface area contributed by atoms with Crippen molar-refractivity contribution in [1.82, 2.24) is 4.90 Å². The molecule has 0 aliphatic carbocycles. The number of hydrogen-bond donors (Lipinski definition) is 0. The van der Waals surface area contributed by atoms with Gasteiger partial charge in [-0.2, -0.15) is 0 Å². The summed E-state index contributed by atoms with van der Waals surface area (Å²) in [5.74, 6) is 0.315. The number of rotatable bonds is 7. The van der Waals surface area contributed by atoms with Gasteiger partial charge in [0.05, 0.1) is 13.7 Å². The Balaban J connectivity index is 1.83. The number of likely N-dealkylation sites (tertiary alicyclic amines) is 1. The van der Waals surface area contributed by atoms with E-state index in [1.54, 1.807) is 14.0 Å². The minimum absolute atomic E-state index is 0.161. The van der Waals surface area contributed by atoms with Crippen molar-refractivity contribution in [2.45, 2.75) is 38.3 Å². The van der Waals surface area contributed by atoms with Crippen LogP contribution < -0.4 is 4.74 Å². The second kappa shape index (κ2) is 9.45. The number of ether oxygens (including phenoxy) is 3. The quantitative estimate of drug-likeness (QED) is 0.662. The molecule has 0 bridgehead atoms. The first-order chi connectivity index (χ1) is 14.1. The largest absolute Gasteiger partial charge is 0.497 e. The van der Waals surface area contributed by atoms with E-state index in [0.29, 0.717) is 31.6 Å². The van der Waals surface area contributed by atoms with Crippen LogP contribution in [-0.2, 0) is 27.3 Å². The van der Waals surface area contributed by atoms with Crippen molar-refractivity contribution in [2.75, 3.05) is 20.3 Å². The molecule has 6 nitrogen and oxygen atoms in total. The maximum atomic E-state index is 13.0. The number of esters is 1. The van der Waals surface area contributed by atoms with Gasteiger partial charge in [0.25, 0.3) is 0 Å². The fraction of sp³-hybridized carbons (Fsp3) is 0.391. The molecule has 3 rings (SSSR count). The van der Waals surface area contributed by atoms with Gasteiger partial charge in [0.1, 0.15) is 17.9 Å². The van der Waals surface area contributed by atoms with Crippen LogP contribution in [0.1, 0.15) is 30.9 Å². The number of carbonyl (C=O) groups excluding carboxylic acids is 2. The Morgan fingerprint density at radius 2 is 1.79 bits per heavy atom. The predicted octanol–water partition coefficient (Wildman–Crippen LogP) is 3.97. The molecule has 1 saturated heterocycles. The molecule has 0 saturated carbocycles. The third kappa shape index (κ3) is 4.70. The van der Waals surface area contributed by atoms with Crippen LogP contribution in [0.4, 0.5) is 4.79 Å². The minimum atomic E-state index is -1.07. The minimum Gasteiger partial charge on any atom is -0.497 e. The average molecular weight is 397 g/mol. The number of hydrogen-bond acceptors (Lipinski definition) is 5. The summed E-state index contributed by atoms with van der Waals surface area (Å²) < 4.78 is 16.2. The van der Waals surface area contributed by atoms with Crippen LogP contribution in [-0.4, -0.2) is 42.8 Å². The zero-order chi connectivity index (χ0) is 20.7. The molecule has 1 atom stereocenters. The lowest BCUT2D eigenvalue weighted by Crippen LogP contribution is -2.55. The van der Waals surface area contributed by atoms with Crippen LogP contribution in [0, 0.1) is 0 Å². The molecule has 29 heavy (non-hydrogen) atoms. The van der Waals surface area contributed by atoms with Crippen LogP contribution in [0.25, 0.3) is 0 Å². The molecule has 1 fully saturated rings. The van der Waals surface area contributed by atoms with Gasteiger partial charge in [0.15, 0.2) is 0 Å². The highest BCUT2D eigenvalue weighted by Crippen LogP contribution is 2.35. The summed E-state index contributed by atoms with van der Waals surface area (Å²) in [6.45, 7) is 2.64. The lowest BCUT2D eigenvalue weighted by atomic mass is 9.88. The number of benzene rings is 2. The molecule has 2 aromatic rings. The Morgan fingerprint density at radius 3 is 2.52 bits per heavy atom. The van der Waals surface area contributed by atoms with E-state index in [2.05, 4.69) is 0 Å². The molecule has 1 unspecified atom stereocenters. The molecule has 1 heterocycles. The number of amides is 1. The zero-order valence-corrected chi connectivity index (χ0v) is 16.9. The second-order valence-corrected chi connectivity index (χ2v) is 7.08. The molecule has 0 radical (unpaired) electrons. The Morgan fingerprint density at radius 1 is 1.03 bits per heavy atom. The smallest absolute Gasteiger partial charge is 0.411 e. The molecule has 0 aromatic heterocycles. The van der Waals surface area contributed by atoms with E-state index in [1.807, 2.05) is 54.6 Å². The first-order valence-electron chi connectivity index (χ1n) is 9.87. The van der Waals surface area contributed by atoms with Crippen molar-refractivity contribution in [3.63, 3.8) is 0 Å². The van der Waals surface area contributed by atoms with Crippen molar-refractivity contribution in [1.29, 1.82) is 0 Å². The molecular formula is C23H27NO5. The van der Waals surface area contributed by atoms with Crippen LogP contribution in [0.15, 0.2) is 54.6 Å². The van der Waals surface area contributed by atoms with Gasteiger partial charge in [-0.3, -0.25) is 4.90 Å². The van der Waals surface area contributed by atoms with Crippen LogP contribution in [0.3, 0.4) is 0 Å². The fourth-order valence-corrected chi connectivity index (χ4v) is 3.80. The van der Waals surface area contributed by atoms with Gasteiger partial charge in [-0.05, 0) is 43.0 Å². The van der Waals surface area contributed by atoms with Gasteiger partial charge < -0.3 is 14.2 Å². The van der Waals surface area contributed by atoms with Crippen molar-refractivity contribution in [3.05, 3.63) is 65.7 Å². The van der Waals surface area contributed by atoms with E-state index in [-0.39, 0.29) is 13.2 Å². The Hall–Kier alpha value is -3.02. The van der Waals surface area contributed by atoms with Crippen molar-refractivity contribution in [2.24, 2.45) is 0 Å². The maximum absolute atomic E-state index is 13.0. The van der Waals surface area contributed by atoms with Gasteiger partial charge >= 0.3 is 12.1 Å². The Labute approximate surface area is 171 Å². The van der Waals surface area contributed by atoms with E-state index in [9.17, 15) is 9.59 Å². The zero-order valence-electron chi connectivity index (χ0n) is 16.9. The highest BCUT2D eigenvalue weighted by Gasteiger charge is 2.51. The third-order valence-corrected chi connectivity index (χ3v) is 5.20. The summed E-state index contributed by atoms with van der Waals surface area (Å²) in [6.07, 6.45) is 1.10. The molecule has 154 valence electrons. The second-order valence-electron chi connectivity index (χ2n) is 7.08. The summed E-state index contributed by atoms with van der Waals surface area (Å²) in [6, 6.07) is 17.0. The van der Waals surface area contributed by atoms with Gasteiger partial charge in [0, 0.05) is 13.0 Å². The number of nitrogens with zero attached hydrogens (tertiary/aromatic N) is 1. The fourth-order valence-electron chi connectivity index (χ4n) is 3.80. The summed E-state index contributed by atoms with van der Waals surface area (Å²) in [7, 11) is 1.60. The topological polar surface area (TPSA) is 65.1 Å². The van der Waals surface area contributed by atoms with Crippen molar-refractivity contribution < 1.29 is 23.8 Å². The Kier molecular flexibility index (Phi) is 6.75. The summed E-state index contributed by atoms with van der Waals surface area (Å²) in [4.78, 5) is 27.5. The van der Waals surface area contributed by atoms with Crippen LogP contribution in [0.2, 0.25) is 0 Å². The van der Waals surface area contributed by atoms with Crippen LogP contribution in [0.5, 0.6) is 5.75 Å². The van der Waals surface area contributed by atoms with Crippen molar-refractivity contribution in [3.8, 4) is 5.75 Å².